The zero-order chi connectivity index (χ0) is 40.3. The lowest BCUT2D eigenvalue weighted by molar-refractivity contribution is -0.127. The quantitative estimate of drug-likeness (QED) is 0.248. The molecule has 6 rings (SSSR count). The minimum atomic E-state index is -0.769. The summed E-state index contributed by atoms with van der Waals surface area (Å²) < 4.78 is 32.6. The van der Waals surface area contributed by atoms with Gasteiger partial charge >= 0.3 is 11.4 Å². The van der Waals surface area contributed by atoms with E-state index in [-0.39, 0.29) is 60.1 Å². The van der Waals surface area contributed by atoms with E-state index in [0.29, 0.717) is 38.8 Å². The fourth-order valence-corrected chi connectivity index (χ4v) is 7.15. The van der Waals surface area contributed by atoms with E-state index in [2.05, 4.69) is 10.6 Å². The third kappa shape index (κ3) is 8.00. The monoisotopic (exact) mass is 768 g/mol. The molecule has 0 aliphatic carbocycles. The SMILES string of the molecule is Cn1c(=O)cc(N2CCC[C@@H](NC(=O)CCC(=O)N[C@@H]3CCCN(c4cc(=O)n(C)c(=O)n4-c4cc(F)ccc4C#N)C3)C2)n(-c2cc(F)ccc2C#N)c1=O. The second kappa shape index (κ2) is 16.3. The second-order valence-corrected chi connectivity index (χ2v) is 13.8. The largest absolute Gasteiger partial charge is 0.355 e. The summed E-state index contributed by atoms with van der Waals surface area (Å²) in [6.07, 6.45) is 2.00. The summed E-state index contributed by atoms with van der Waals surface area (Å²) in [6, 6.07) is 12.3. The predicted molar refractivity (Wildman–Crippen MR) is 200 cm³/mol. The number of aromatic nitrogens is 4. The van der Waals surface area contributed by atoms with Gasteiger partial charge in [0.25, 0.3) is 11.1 Å². The van der Waals surface area contributed by atoms with E-state index < -0.39 is 58.0 Å². The molecule has 2 atom stereocenters. The van der Waals surface area contributed by atoms with E-state index in [4.69, 9.17) is 0 Å². The Balaban J connectivity index is 1.10. The molecule has 4 heterocycles. The van der Waals surface area contributed by atoms with Crippen molar-refractivity contribution in [2.75, 3.05) is 36.0 Å². The van der Waals surface area contributed by atoms with Crippen LogP contribution in [0.15, 0.2) is 67.7 Å². The minimum absolute atomic E-state index is 0.0246. The van der Waals surface area contributed by atoms with Gasteiger partial charge in [0, 0.05) is 77.3 Å². The lowest BCUT2D eigenvalue weighted by Crippen LogP contribution is -2.51. The first-order valence-electron chi connectivity index (χ1n) is 17.9. The van der Waals surface area contributed by atoms with E-state index in [1.807, 2.05) is 12.1 Å². The summed E-state index contributed by atoms with van der Waals surface area (Å²) in [7, 11) is 2.56. The first kappa shape index (κ1) is 38.9. The van der Waals surface area contributed by atoms with E-state index in [1.165, 1.54) is 38.4 Å². The molecule has 0 saturated carbocycles. The molecule has 16 nitrogen and oxygen atoms in total. The van der Waals surface area contributed by atoms with Crippen LogP contribution in [0.25, 0.3) is 11.4 Å². The number of nitrogens with zero attached hydrogens (tertiary/aromatic N) is 8. The van der Waals surface area contributed by atoms with Crippen molar-refractivity contribution in [3.05, 3.63) is 113 Å². The lowest BCUT2D eigenvalue weighted by Gasteiger charge is -2.36. The Morgan fingerprint density at radius 3 is 1.45 bits per heavy atom. The molecule has 2 aliphatic rings. The van der Waals surface area contributed by atoms with Crippen molar-refractivity contribution in [2.45, 2.75) is 50.6 Å². The van der Waals surface area contributed by atoms with Crippen LogP contribution < -0.4 is 42.9 Å². The molecule has 2 amide bonds. The first-order chi connectivity index (χ1) is 26.8. The van der Waals surface area contributed by atoms with Gasteiger partial charge in [0.05, 0.1) is 22.5 Å². The Bertz CT molecular complexity index is 2370. The van der Waals surface area contributed by atoms with E-state index in [0.717, 1.165) is 42.5 Å². The Hall–Kier alpha value is -6.82. The van der Waals surface area contributed by atoms with Gasteiger partial charge in [-0.2, -0.15) is 10.5 Å². The van der Waals surface area contributed by atoms with Crippen LogP contribution in [-0.4, -0.2) is 68.3 Å². The molecule has 0 unspecified atom stereocenters. The molecule has 2 aliphatic heterocycles. The van der Waals surface area contributed by atoms with Crippen molar-refractivity contribution in [2.24, 2.45) is 14.1 Å². The molecule has 18 heteroatoms. The van der Waals surface area contributed by atoms with Gasteiger partial charge in [0.1, 0.15) is 35.4 Å². The number of nitrogens with one attached hydrogen (secondary N) is 2. The molecule has 0 bridgehead atoms. The molecule has 2 N–H and O–H groups in total. The van der Waals surface area contributed by atoms with Gasteiger partial charge < -0.3 is 20.4 Å². The number of rotatable bonds is 9. The molecule has 56 heavy (non-hydrogen) atoms. The minimum Gasteiger partial charge on any atom is -0.355 e. The first-order valence-corrected chi connectivity index (χ1v) is 17.9. The number of halogens is 2. The Morgan fingerprint density at radius 1 is 0.679 bits per heavy atom. The molecule has 0 spiro atoms. The highest BCUT2D eigenvalue weighted by atomic mass is 19.1. The number of amides is 2. The Morgan fingerprint density at radius 2 is 1.07 bits per heavy atom. The van der Waals surface area contributed by atoms with Crippen molar-refractivity contribution in [1.82, 2.24) is 28.9 Å². The van der Waals surface area contributed by atoms with Gasteiger partial charge in [-0.05, 0) is 62.1 Å². The average Bonchev–Trinajstić information content (AvgIpc) is 3.18. The standard InChI is InChI=1S/C38H38F2N10O6/c1-45-35(53)17-33(49(37(45)55)29-15-25(39)9-7-23(29)19-41)47-13-3-5-27(21-47)43-31(51)11-12-32(52)44-28-6-4-14-48(22-28)34-18-36(54)46(2)38(56)50(34)30-16-26(40)10-8-24(30)20-42/h7-10,15-18,27-28H,3-6,11-14,21-22H2,1-2H3,(H,43,51)(H,44,52)/t27-,28-/m1/s1. The molecule has 2 fully saturated rings. The van der Waals surface area contributed by atoms with Gasteiger partial charge in [-0.1, -0.05) is 0 Å². The number of benzene rings is 2. The third-order valence-corrected chi connectivity index (χ3v) is 10.0. The maximum atomic E-state index is 14.3. The van der Waals surface area contributed by atoms with Gasteiger partial charge in [-0.25, -0.2) is 27.5 Å². The molecule has 290 valence electrons. The van der Waals surface area contributed by atoms with Crippen LogP contribution in [0.1, 0.15) is 49.7 Å². The van der Waals surface area contributed by atoms with E-state index in [1.54, 1.807) is 9.80 Å². The third-order valence-electron chi connectivity index (χ3n) is 10.0. The summed E-state index contributed by atoms with van der Waals surface area (Å²) in [5, 5.41) is 25.2. The molecule has 4 aromatic rings. The van der Waals surface area contributed by atoms with Gasteiger partial charge in [-0.15, -0.1) is 0 Å². The fraction of sp³-hybridized carbons (Fsp3) is 0.368. The number of hydrogen-bond donors (Lipinski definition) is 2. The van der Waals surface area contributed by atoms with Crippen LogP contribution in [-0.2, 0) is 23.7 Å². The van der Waals surface area contributed by atoms with Crippen molar-refractivity contribution >= 4 is 23.5 Å². The average molecular weight is 769 g/mol. The van der Waals surface area contributed by atoms with Crippen molar-refractivity contribution in [3.63, 3.8) is 0 Å². The van der Waals surface area contributed by atoms with Gasteiger partial charge in [0.2, 0.25) is 11.8 Å². The predicted octanol–water partition coefficient (Wildman–Crippen LogP) is 1.06. The summed E-state index contributed by atoms with van der Waals surface area (Å²) in [5.41, 5.74) is -2.73. The lowest BCUT2D eigenvalue weighted by atomic mass is 10.0. The second-order valence-electron chi connectivity index (χ2n) is 13.8. The van der Waals surface area contributed by atoms with Crippen LogP contribution in [0.4, 0.5) is 20.4 Å². The van der Waals surface area contributed by atoms with E-state index >= 15 is 0 Å². The smallest absolute Gasteiger partial charge is 0.336 e. The molecular formula is C38H38F2N10O6. The maximum Gasteiger partial charge on any atom is 0.336 e. The molecule has 2 aromatic carbocycles. The summed E-state index contributed by atoms with van der Waals surface area (Å²) >= 11 is 0. The number of nitriles is 2. The Labute approximate surface area is 318 Å². The summed E-state index contributed by atoms with van der Waals surface area (Å²) in [4.78, 5) is 81.7. The number of piperidine rings is 2. The highest BCUT2D eigenvalue weighted by Crippen LogP contribution is 2.25. The van der Waals surface area contributed by atoms with Crippen LogP contribution in [0.2, 0.25) is 0 Å². The summed E-state index contributed by atoms with van der Waals surface area (Å²) in [5.74, 6) is -1.86. The number of anilines is 2. The topological polar surface area (TPSA) is 200 Å². The van der Waals surface area contributed by atoms with Gasteiger partial charge in [-0.3, -0.25) is 28.3 Å². The highest BCUT2D eigenvalue weighted by Gasteiger charge is 2.28. The fourth-order valence-electron chi connectivity index (χ4n) is 7.15. The number of hydrogen-bond acceptors (Lipinski definition) is 10. The van der Waals surface area contributed by atoms with Crippen LogP contribution in [0.5, 0.6) is 0 Å². The van der Waals surface area contributed by atoms with E-state index in [9.17, 15) is 48.1 Å². The normalized spacial score (nSPS) is 16.8. The molecular weight excluding hydrogens is 730 g/mol. The van der Waals surface area contributed by atoms with Crippen molar-refractivity contribution < 1.29 is 18.4 Å². The van der Waals surface area contributed by atoms with Crippen LogP contribution >= 0.6 is 0 Å². The molecule has 0 radical (unpaired) electrons. The maximum absolute atomic E-state index is 14.3. The Kier molecular flexibility index (Phi) is 11.3. The van der Waals surface area contributed by atoms with Crippen molar-refractivity contribution in [3.8, 4) is 23.5 Å². The van der Waals surface area contributed by atoms with Crippen molar-refractivity contribution in [1.29, 1.82) is 10.5 Å². The molecule has 2 saturated heterocycles. The van der Waals surface area contributed by atoms with Crippen LogP contribution in [0.3, 0.4) is 0 Å². The number of carbonyl (C=O) groups excluding carboxylic acids is 2. The highest BCUT2D eigenvalue weighted by molar-refractivity contribution is 5.84. The zero-order valence-electron chi connectivity index (χ0n) is 30.6. The summed E-state index contributed by atoms with van der Waals surface area (Å²) in [6.45, 7) is 1.20. The van der Waals surface area contributed by atoms with Crippen LogP contribution in [0, 0.1) is 34.3 Å². The van der Waals surface area contributed by atoms with Gasteiger partial charge in [0.15, 0.2) is 0 Å². The zero-order valence-corrected chi connectivity index (χ0v) is 30.6. The number of carbonyl (C=O) groups is 2. The molecule has 2 aromatic heterocycles.